The molecule has 3 heteroatoms. The van der Waals surface area contributed by atoms with Gasteiger partial charge >= 0.3 is 0 Å². The topological polar surface area (TPSA) is 30.5 Å². The van der Waals surface area contributed by atoms with Crippen LogP contribution in [-0.4, -0.2) is 32.4 Å². The van der Waals surface area contributed by atoms with Crippen molar-refractivity contribution in [2.75, 3.05) is 26.3 Å². The summed E-state index contributed by atoms with van der Waals surface area (Å²) in [5.74, 6) is 0.956. The van der Waals surface area contributed by atoms with Gasteiger partial charge in [0.2, 0.25) is 0 Å². The van der Waals surface area contributed by atoms with Gasteiger partial charge in [0.15, 0.2) is 0 Å². The molecule has 1 N–H and O–H groups in total. The second-order valence-corrected chi connectivity index (χ2v) is 4.93. The lowest BCUT2D eigenvalue weighted by Crippen LogP contribution is -2.29. The molecule has 1 fully saturated rings. The van der Waals surface area contributed by atoms with Gasteiger partial charge in [0, 0.05) is 19.7 Å². The zero-order valence-corrected chi connectivity index (χ0v) is 11.4. The molecule has 100 valence electrons. The highest BCUT2D eigenvalue weighted by Gasteiger charge is 2.14. The summed E-state index contributed by atoms with van der Waals surface area (Å²) < 4.78 is 11.2. The first-order valence-corrected chi connectivity index (χ1v) is 6.78. The van der Waals surface area contributed by atoms with E-state index in [4.69, 9.17) is 9.47 Å². The molecule has 0 bridgehead atoms. The molecule has 0 amide bonds. The lowest BCUT2D eigenvalue weighted by molar-refractivity contribution is 0.109. The highest BCUT2D eigenvalue weighted by molar-refractivity contribution is 5.33. The Morgan fingerprint density at radius 3 is 2.94 bits per heavy atom. The fourth-order valence-corrected chi connectivity index (χ4v) is 2.11. The number of rotatable bonds is 6. The summed E-state index contributed by atoms with van der Waals surface area (Å²) in [5.41, 5.74) is 2.58. The van der Waals surface area contributed by atoms with Crippen LogP contribution in [0.15, 0.2) is 18.2 Å². The molecule has 1 atom stereocenters. The first-order chi connectivity index (χ1) is 8.75. The highest BCUT2D eigenvalue weighted by Crippen LogP contribution is 2.16. The standard InChI is InChI=1S/C15H23NO2/c1-12-5-6-14(10-13(12)2)18-9-7-16-11-15-4-3-8-17-15/h5-6,10,15-16H,3-4,7-9,11H2,1-2H3. The van der Waals surface area contributed by atoms with Crippen LogP contribution in [0.25, 0.3) is 0 Å². The average molecular weight is 249 g/mol. The van der Waals surface area contributed by atoms with Crippen LogP contribution >= 0.6 is 0 Å². The van der Waals surface area contributed by atoms with Gasteiger partial charge in [0.25, 0.3) is 0 Å². The van der Waals surface area contributed by atoms with Crippen molar-refractivity contribution in [3.63, 3.8) is 0 Å². The van der Waals surface area contributed by atoms with Crippen molar-refractivity contribution < 1.29 is 9.47 Å². The number of hydrogen-bond donors (Lipinski definition) is 1. The van der Waals surface area contributed by atoms with Crippen LogP contribution in [0.3, 0.4) is 0 Å². The molecule has 1 aromatic carbocycles. The van der Waals surface area contributed by atoms with Crippen molar-refractivity contribution >= 4 is 0 Å². The molecule has 1 aliphatic heterocycles. The number of nitrogens with one attached hydrogen (secondary N) is 1. The maximum Gasteiger partial charge on any atom is 0.119 e. The molecule has 0 radical (unpaired) electrons. The minimum Gasteiger partial charge on any atom is -0.492 e. The van der Waals surface area contributed by atoms with Gasteiger partial charge in [-0.05, 0) is 49.9 Å². The molecule has 18 heavy (non-hydrogen) atoms. The third-order valence-electron chi connectivity index (χ3n) is 3.42. The average Bonchev–Trinajstić information content (AvgIpc) is 2.86. The number of aryl methyl sites for hydroxylation is 2. The first kappa shape index (κ1) is 13.4. The van der Waals surface area contributed by atoms with Gasteiger partial charge in [0.05, 0.1) is 6.10 Å². The summed E-state index contributed by atoms with van der Waals surface area (Å²) in [7, 11) is 0. The fraction of sp³-hybridized carbons (Fsp3) is 0.600. The van der Waals surface area contributed by atoms with E-state index in [2.05, 4.69) is 31.3 Å². The second-order valence-electron chi connectivity index (χ2n) is 4.93. The normalized spacial score (nSPS) is 19.1. The molecule has 0 aliphatic carbocycles. The minimum atomic E-state index is 0.409. The van der Waals surface area contributed by atoms with E-state index in [0.29, 0.717) is 12.7 Å². The lowest BCUT2D eigenvalue weighted by Gasteiger charge is -2.12. The summed E-state index contributed by atoms with van der Waals surface area (Å²) >= 11 is 0. The van der Waals surface area contributed by atoms with Crippen molar-refractivity contribution in [3.05, 3.63) is 29.3 Å². The second kappa shape index (κ2) is 6.76. The smallest absolute Gasteiger partial charge is 0.119 e. The lowest BCUT2D eigenvalue weighted by atomic mass is 10.1. The van der Waals surface area contributed by atoms with E-state index < -0.39 is 0 Å². The summed E-state index contributed by atoms with van der Waals surface area (Å²) in [6.45, 7) is 7.66. The van der Waals surface area contributed by atoms with E-state index >= 15 is 0 Å². The largest absolute Gasteiger partial charge is 0.492 e. The van der Waals surface area contributed by atoms with Crippen LogP contribution in [0.2, 0.25) is 0 Å². The third kappa shape index (κ3) is 4.00. The maximum absolute atomic E-state index is 5.70. The number of benzene rings is 1. The van der Waals surface area contributed by atoms with Crippen LogP contribution in [0.5, 0.6) is 5.75 Å². The molecule has 1 saturated heterocycles. The predicted octanol–water partition coefficient (Wildman–Crippen LogP) is 2.45. The Labute approximate surface area is 109 Å². The summed E-state index contributed by atoms with van der Waals surface area (Å²) in [4.78, 5) is 0. The maximum atomic E-state index is 5.70. The van der Waals surface area contributed by atoms with E-state index in [1.54, 1.807) is 0 Å². The molecule has 0 saturated carbocycles. The Hall–Kier alpha value is -1.06. The number of hydrogen-bond acceptors (Lipinski definition) is 3. The fourth-order valence-electron chi connectivity index (χ4n) is 2.11. The summed E-state index contributed by atoms with van der Waals surface area (Å²) in [6.07, 6.45) is 2.79. The van der Waals surface area contributed by atoms with Gasteiger partial charge in [0.1, 0.15) is 12.4 Å². The van der Waals surface area contributed by atoms with E-state index in [0.717, 1.165) is 25.4 Å². The Bertz CT molecular complexity index is 373. The van der Waals surface area contributed by atoms with Crippen LogP contribution in [0.4, 0.5) is 0 Å². The monoisotopic (exact) mass is 249 g/mol. The SMILES string of the molecule is Cc1ccc(OCCNCC2CCCO2)cc1C. The molecular formula is C15H23NO2. The minimum absolute atomic E-state index is 0.409. The zero-order chi connectivity index (χ0) is 12.8. The van der Waals surface area contributed by atoms with Gasteiger partial charge in [-0.25, -0.2) is 0 Å². The predicted molar refractivity (Wildman–Crippen MR) is 73.3 cm³/mol. The molecule has 3 nitrogen and oxygen atoms in total. The molecule has 1 aromatic rings. The van der Waals surface area contributed by atoms with Crippen LogP contribution in [0, 0.1) is 13.8 Å². The Balaban J connectivity index is 1.61. The van der Waals surface area contributed by atoms with E-state index in [1.165, 1.54) is 24.0 Å². The van der Waals surface area contributed by atoms with Crippen LogP contribution in [0.1, 0.15) is 24.0 Å². The molecule has 0 aromatic heterocycles. The quantitative estimate of drug-likeness (QED) is 0.786. The van der Waals surface area contributed by atoms with Gasteiger partial charge < -0.3 is 14.8 Å². The molecule has 1 aliphatic rings. The molecule has 2 rings (SSSR count). The Morgan fingerprint density at radius 1 is 1.33 bits per heavy atom. The summed E-state index contributed by atoms with van der Waals surface area (Å²) in [5, 5.41) is 3.37. The van der Waals surface area contributed by atoms with Crippen molar-refractivity contribution in [1.82, 2.24) is 5.32 Å². The molecule has 1 unspecified atom stereocenters. The third-order valence-corrected chi connectivity index (χ3v) is 3.42. The van der Waals surface area contributed by atoms with Gasteiger partial charge in [-0.2, -0.15) is 0 Å². The van der Waals surface area contributed by atoms with Crippen LogP contribution < -0.4 is 10.1 Å². The number of ether oxygens (including phenoxy) is 2. The van der Waals surface area contributed by atoms with Gasteiger partial charge in [-0.1, -0.05) is 6.07 Å². The highest BCUT2D eigenvalue weighted by atomic mass is 16.5. The Morgan fingerprint density at radius 2 is 2.22 bits per heavy atom. The van der Waals surface area contributed by atoms with E-state index in [9.17, 15) is 0 Å². The molecular weight excluding hydrogens is 226 g/mol. The van der Waals surface area contributed by atoms with Gasteiger partial charge in [-0.15, -0.1) is 0 Å². The van der Waals surface area contributed by atoms with E-state index in [-0.39, 0.29) is 0 Å². The molecule has 1 heterocycles. The van der Waals surface area contributed by atoms with Crippen molar-refractivity contribution in [1.29, 1.82) is 0 Å². The van der Waals surface area contributed by atoms with Gasteiger partial charge in [-0.3, -0.25) is 0 Å². The Kier molecular flexibility index (Phi) is 5.02. The van der Waals surface area contributed by atoms with Crippen LogP contribution in [-0.2, 0) is 4.74 Å². The van der Waals surface area contributed by atoms with E-state index in [1.807, 2.05) is 6.07 Å². The zero-order valence-electron chi connectivity index (χ0n) is 11.4. The van der Waals surface area contributed by atoms with Crippen molar-refractivity contribution in [2.24, 2.45) is 0 Å². The molecule has 0 spiro atoms. The first-order valence-electron chi connectivity index (χ1n) is 6.78. The van der Waals surface area contributed by atoms with Crippen molar-refractivity contribution in [2.45, 2.75) is 32.8 Å². The summed E-state index contributed by atoms with van der Waals surface area (Å²) in [6, 6.07) is 6.22. The van der Waals surface area contributed by atoms with Crippen molar-refractivity contribution in [3.8, 4) is 5.75 Å².